The number of halogens is 1. The zero-order chi connectivity index (χ0) is 27.6. The Labute approximate surface area is 224 Å². The van der Waals surface area contributed by atoms with E-state index in [2.05, 4.69) is 0 Å². The molecule has 11 heteroatoms. The van der Waals surface area contributed by atoms with E-state index in [1.807, 2.05) is 6.07 Å². The minimum absolute atomic E-state index is 0.0499. The van der Waals surface area contributed by atoms with E-state index in [1.165, 1.54) is 23.9 Å². The monoisotopic (exact) mass is 553 g/mol. The number of hydrogen-bond donors (Lipinski definition) is 0. The van der Waals surface area contributed by atoms with Crippen LogP contribution in [0.25, 0.3) is 5.69 Å². The SMILES string of the molecule is Cc1c(N(C)S(=O)(=O)c2ccc(Cl)c(C(=O)OCC(=O)c3ccccc3)c2)c(=O)n(-c2ccccc2)n1C. The molecule has 0 spiro atoms. The van der Waals surface area contributed by atoms with Crippen molar-refractivity contribution in [2.75, 3.05) is 18.0 Å². The lowest BCUT2D eigenvalue weighted by atomic mass is 10.1. The van der Waals surface area contributed by atoms with Gasteiger partial charge in [0, 0.05) is 19.7 Å². The zero-order valence-electron chi connectivity index (χ0n) is 20.8. The maximum atomic E-state index is 13.6. The second kappa shape index (κ2) is 10.7. The average Bonchev–Trinajstić information content (AvgIpc) is 3.14. The van der Waals surface area contributed by atoms with E-state index in [-0.39, 0.29) is 21.2 Å². The first kappa shape index (κ1) is 26.9. The van der Waals surface area contributed by atoms with Crippen molar-refractivity contribution in [2.45, 2.75) is 11.8 Å². The number of carbonyl (C=O) groups excluding carboxylic acids is 2. The lowest BCUT2D eigenvalue weighted by Crippen LogP contribution is -2.32. The van der Waals surface area contributed by atoms with Crippen LogP contribution in [0.15, 0.2) is 88.6 Å². The van der Waals surface area contributed by atoms with Gasteiger partial charge in [-0.3, -0.25) is 18.6 Å². The van der Waals surface area contributed by atoms with E-state index in [1.54, 1.807) is 73.3 Å². The molecule has 0 aliphatic heterocycles. The molecule has 1 aromatic heterocycles. The van der Waals surface area contributed by atoms with E-state index in [4.69, 9.17) is 16.3 Å². The van der Waals surface area contributed by atoms with Crippen LogP contribution in [0.1, 0.15) is 26.4 Å². The molecule has 0 saturated carbocycles. The molecular weight excluding hydrogens is 530 g/mol. The van der Waals surface area contributed by atoms with Crippen molar-refractivity contribution in [3.8, 4) is 5.69 Å². The number of Topliss-reactive ketones (excluding diaryl/α,β-unsaturated/α-hetero) is 1. The first-order valence-corrected chi connectivity index (χ1v) is 13.2. The van der Waals surface area contributed by atoms with Crippen LogP contribution >= 0.6 is 11.6 Å². The van der Waals surface area contributed by atoms with Crippen molar-refractivity contribution in [3.05, 3.63) is 111 Å². The molecule has 0 atom stereocenters. The number of esters is 1. The van der Waals surface area contributed by atoms with Gasteiger partial charge in [-0.05, 0) is 37.3 Å². The van der Waals surface area contributed by atoms with Crippen molar-refractivity contribution in [1.82, 2.24) is 9.36 Å². The van der Waals surface area contributed by atoms with Crippen molar-refractivity contribution in [2.24, 2.45) is 7.05 Å². The Morgan fingerprint density at radius 3 is 2.21 bits per heavy atom. The molecule has 0 fully saturated rings. The van der Waals surface area contributed by atoms with Crippen LogP contribution in [0.5, 0.6) is 0 Å². The molecule has 9 nitrogen and oxygen atoms in total. The number of benzene rings is 3. The van der Waals surface area contributed by atoms with Gasteiger partial charge in [-0.25, -0.2) is 17.9 Å². The first-order valence-electron chi connectivity index (χ1n) is 11.4. The van der Waals surface area contributed by atoms with Gasteiger partial charge in [0.25, 0.3) is 15.6 Å². The molecular formula is C27H24ClN3O6S. The van der Waals surface area contributed by atoms with Crippen LogP contribution in [0.2, 0.25) is 5.02 Å². The molecule has 0 aliphatic rings. The maximum Gasteiger partial charge on any atom is 0.340 e. The van der Waals surface area contributed by atoms with Gasteiger partial charge < -0.3 is 4.74 Å². The summed E-state index contributed by atoms with van der Waals surface area (Å²) in [6, 6.07) is 20.6. The Balaban J connectivity index is 1.64. The van der Waals surface area contributed by atoms with Crippen LogP contribution in [0, 0.1) is 6.92 Å². The number of sulfonamides is 1. The van der Waals surface area contributed by atoms with Crippen molar-refractivity contribution < 1.29 is 22.7 Å². The first-order chi connectivity index (χ1) is 18.0. The lowest BCUT2D eigenvalue weighted by Gasteiger charge is -2.19. The van der Waals surface area contributed by atoms with Gasteiger partial charge >= 0.3 is 5.97 Å². The summed E-state index contributed by atoms with van der Waals surface area (Å²) in [6.07, 6.45) is 0. The summed E-state index contributed by atoms with van der Waals surface area (Å²) in [5.41, 5.74) is 0.538. The van der Waals surface area contributed by atoms with Crippen molar-refractivity contribution in [1.29, 1.82) is 0 Å². The predicted octanol–water partition coefficient (Wildman–Crippen LogP) is 4.00. The highest BCUT2D eigenvalue weighted by molar-refractivity contribution is 7.92. The molecule has 196 valence electrons. The zero-order valence-corrected chi connectivity index (χ0v) is 22.4. The highest BCUT2D eigenvalue weighted by Crippen LogP contribution is 2.27. The predicted molar refractivity (Wildman–Crippen MR) is 144 cm³/mol. The summed E-state index contributed by atoms with van der Waals surface area (Å²) < 4.78 is 36.0. The van der Waals surface area contributed by atoms with E-state index >= 15 is 0 Å². The molecule has 0 radical (unpaired) electrons. The van der Waals surface area contributed by atoms with Gasteiger partial charge in [0.05, 0.1) is 26.9 Å². The van der Waals surface area contributed by atoms with Gasteiger partial charge in [-0.1, -0.05) is 60.1 Å². The fourth-order valence-electron chi connectivity index (χ4n) is 3.93. The molecule has 0 aliphatic carbocycles. The van der Waals surface area contributed by atoms with Gasteiger partial charge in [-0.2, -0.15) is 0 Å². The number of anilines is 1. The van der Waals surface area contributed by atoms with Crippen molar-refractivity contribution >= 4 is 39.1 Å². The van der Waals surface area contributed by atoms with E-state index < -0.39 is 33.9 Å². The van der Waals surface area contributed by atoms with Crippen LogP contribution < -0.4 is 9.86 Å². The Bertz CT molecular complexity index is 1680. The smallest absolute Gasteiger partial charge is 0.340 e. The number of aromatic nitrogens is 2. The Morgan fingerprint density at radius 2 is 1.58 bits per heavy atom. The second-order valence-electron chi connectivity index (χ2n) is 8.39. The molecule has 3 aromatic carbocycles. The molecule has 1 heterocycles. The summed E-state index contributed by atoms with van der Waals surface area (Å²) in [5, 5.41) is -0.0499. The summed E-state index contributed by atoms with van der Waals surface area (Å²) in [5.74, 6) is -1.38. The maximum absolute atomic E-state index is 13.6. The lowest BCUT2D eigenvalue weighted by molar-refractivity contribution is 0.0474. The van der Waals surface area contributed by atoms with Gasteiger partial charge in [0.15, 0.2) is 12.4 Å². The van der Waals surface area contributed by atoms with E-state index in [0.717, 1.165) is 10.4 Å². The van der Waals surface area contributed by atoms with E-state index in [9.17, 15) is 22.8 Å². The molecule has 0 unspecified atom stereocenters. The average molecular weight is 554 g/mol. The Hall–Kier alpha value is -4.15. The number of ether oxygens (including phenoxy) is 1. The van der Waals surface area contributed by atoms with Gasteiger partial charge in [0.1, 0.15) is 5.69 Å². The molecule has 4 aromatic rings. The molecule has 0 amide bonds. The minimum atomic E-state index is -4.30. The minimum Gasteiger partial charge on any atom is -0.454 e. The Kier molecular flexibility index (Phi) is 7.56. The number of para-hydroxylation sites is 1. The van der Waals surface area contributed by atoms with Crippen LogP contribution in [-0.2, 0) is 21.8 Å². The third-order valence-electron chi connectivity index (χ3n) is 6.08. The molecule has 0 N–H and O–H groups in total. The largest absolute Gasteiger partial charge is 0.454 e. The number of ketones is 1. The number of nitrogens with zero attached hydrogens (tertiary/aromatic N) is 3. The third kappa shape index (κ3) is 5.00. The van der Waals surface area contributed by atoms with Crippen molar-refractivity contribution in [3.63, 3.8) is 0 Å². The van der Waals surface area contributed by atoms with Crippen LogP contribution in [0.4, 0.5) is 5.69 Å². The standard InChI is InChI=1S/C27H24ClN3O6S/c1-18-25(26(33)31(29(18)2)20-12-8-5-9-13-20)30(3)38(35,36)21-14-15-23(28)22(16-21)27(34)37-17-24(32)19-10-6-4-7-11-19/h4-16H,17H2,1-3H3. The Morgan fingerprint density at radius 1 is 0.974 bits per heavy atom. The molecule has 0 bridgehead atoms. The molecule has 4 rings (SSSR count). The fourth-order valence-corrected chi connectivity index (χ4v) is 5.40. The van der Waals surface area contributed by atoms with Gasteiger partial charge in [0.2, 0.25) is 0 Å². The molecule has 38 heavy (non-hydrogen) atoms. The quantitative estimate of drug-likeness (QED) is 0.241. The van der Waals surface area contributed by atoms with Crippen LogP contribution in [0.3, 0.4) is 0 Å². The molecule has 0 saturated heterocycles. The number of rotatable bonds is 8. The second-order valence-corrected chi connectivity index (χ2v) is 10.8. The summed E-state index contributed by atoms with van der Waals surface area (Å²) in [7, 11) is -1.38. The highest BCUT2D eigenvalue weighted by Gasteiger charge is 2.30. The highest BCUT2D eigenvalue weighted by atomic mass is 35.5. The third-order valence-corrected chi connectivity index (χ3v) is 8.17. The fraction of sp³-hybridized carbons (Fsp3) is 0.148. The van der Waals surface area contributed by atoms with Crippen LogP contribution in [-0.4, -0.2) is 43.2 Å². The summed E-state index contributed by atoms with van der Waals surface area (Å²) in [6.45, 7) is 1.09. The summed E-state index contributed by atoms with van der Waals surface area (Å²) in [4.78, 5) is 38.1. The summed E-state index contributed by atoms with van der Waals surface area (Å²) >= 11 is 6.16. The topological polar surface area (TPSA) is 108 Å². The van der Waals surface area contributed by atoms with Gasteiger partial charge in [-0.15, -0.1) is 0 Å². The van der Waals surface area contributed by atoms with E-state index in [0.29, 0.717) is 16.9 Å². The number of hydrogen-bond acceptors (Lipinski definition) is 6. The number of carbonyl (C=O) groups is 2. The normalized spacial score (nSPS) is 11.3.